The normalized spacial score (nSPS) is 20.6. The Morgan fingerprint density at radius 2 is 1.73 bits per heavy atom. The van der Waals surface area contributed by atoms with Gasteiger partial charge >= 0.3 is 0 Å². The minimum atomic E-state index is -1.26. The molecule has 0 radical (unpaired) electrons. The van der Waals surface area contributed by atoms with Crippen molar-refractivity contribution < 1.29 is 14.0 Å². The number of halogens is 1. The summed E-state index contributed by atoms with van der Waals surface area (Å²) in [5, 5.41) is 3.95. The molecule has 1 aliphatic carbocycles. The lowest BCUT2D eigenvalue weighted by atomic mass is 9.83. The highest BCUT2D eigenvalue weighted by Crippen LogP contribution is 2.41. The molecule has 1 fully saturated rings. The summed E-state index contributed by atoms with van der Waals surface area (Å²) in [6.45, 7) is 0.488. The summed E-state index contributed by atoms with van der Waals surface area (Å²) >= 11 is 6.57. The third-order valence-electron chi connectivity index (χ3n) is 7.94. The van der Waals surface area contributed by atoms with Gasteiger partial charge in [0.15, 0.2) is 11.1 Å². The Kier molecular flexibility index (Phi) is 6.29. The number of rotatable bonds is 5. The Morgan fingerprint density at radius 3 is 2.49 bits per heavy atom. The molecular weight excluding hydrogens is 486 g/mol. The van der Waals surface area contributed by atoms with Gasteiger partial charge in [0.2, 0.25) is 0 Å². The van der Waals surface area contributed by atoms with Gasteiger partial charge in [-0.15, -0.1) is 0 Å². The predicted octanol–water partition coefficient (Wildman–Crippen LogP) is 6.28. The summed E-state index contributed by atoms with van der Waals surface area (Å²) in [7, 11) is 0. The van der Waals surface area contributed by atoms with Crippen molar-refractivity contribution in [1.29, 1.82) is 0 Å². The highest BCUT2D eigenvalue weighted by atomic mass is 35.5. The number of amides is 2. The molecule has 2 amide bonds. The lowest BCUT2D eigenvalue weighted by Gasteiger charge is -2.47. The molecule has 1 saturated carbocycles. The van der Waals surface area contributed by atoms with Gasteiger partial charge in [0.05, 0.1) is 18.3 Å². The van der Waals surface area contributed by atoms with Crippen LogP contribution in [0.4, 0.5) is 0 Å². The van der Waals surface area contributed by atoms with Crippen molar-refractivity contribution >= 4 is 34.5 Å². The maximum Gasteiger partial charge on any atom is 0.272 e. The zero-order valence-corrected chi connectivity index (χ0v) is 21.4. The molecule has 1 N–H and O–H groups in total. The third kappa shape index (κ3) is 4.13. The summed E-state index contributed by atoms with van der Waals surface area (Å²) in [5.41, 5.74) is 2.26. The van der Waals surface area contributed by atoms with E-state index in [1.807, 2.05) is 65.2 Å². The summed E-state index contributed by atoms with van der Waals surface area (Å²) in [6.07, 6.45) is 8.11. The molecule has 4 aromatic rings. The van der Waals surface area contributed by atoms with Gasteiger partial charge in [0, 0.05) is 29.7 Å². The average Bonchev–Trinajstić information content (AvgIpc) is 3.41. The predicted molar refractivity (Wildman–Crippen MR) is 143 cm³/mol. The second-order valence-corrected chi connectivity index (χ2v) is 10.6. The maximum absolute atomic E-state index is 14.6. The van der Waals surface area contributed by atoms with Crippen molar-refractivity contribution in [2.45, 2.75) is 63.2 Å². The van der Waals surface area contributed by atoms with E-state index in [9.17, 15) is 9.59 Å². The van der Waals surface area contributed by atoms with Gasteiger partial charge in [0.25, 0.3) is 11.8 Å². The molecule has 2 aromatic heterocycles. The lowest BCUT2D eigenvalue weighted by molar-refractivity contribution is -0.136. The van der Waals surface area contributed by atoms with Gasteiger partial charge < -0.3 is 19.2 Å². The number of aromatic nitrogens is 1. The molecule has 2 aliphatic rings. The molecule has 0 saturated heterocycles. The zero-order valence-electron chi connectivity index (χ0n) is 20.7. The fourth-order valence-corrected chi connectivity index (χ4v) is 6.16. The van der Waals surface area contributed by atoms with E-state index in [4.69, 9.17) is 16.0 Å². The molecule has 2 aromatic carbocycles. The topological polar surface area (TPSA) is 67.5 Å². The minimum Gasteiger partial charge on any atom is -0.463 e. The van der Waals surface area contributed by atoms with Crippen LogP contribution < -0.4 is 5.32 Å². The van der Waals surface area contributed by atoms with Crippen molar-refractivity contribution in [2.75, 3.05) is 0 Å². The van der Waals surface area contributed by atoms with Crippen molar-refractivity contribution in [3.63, 3.8) is 0 Å². The molecule has 6 nitrogen and oxygen atoms in total. The van der Waals surface area contributed by atoms with E-state index in [2.05, 4.69) is 5.32 Å². The van der Waals surface area contributed by atoms with Crippen LogP contribution in [0.25, 0.3) is 11.1 Å². The van der Waals surface area contributed by atoms with Gasteiger partial charge in [-0.1, -0.05) is 85.8 Å². The Hall–Kier alpha value is -3.51. The van der Waals surface area contributed by atoms with Crippen LogP contribution in [0, 0.1) is 0 Å². The van der Waals surface area contributed by atoms with E-state index >= 15 is 0 Å². The van der Waals surface area contributed by atoms with Crippen LogP contribution >= 0.6 is 11.6 Å². The maximum atomic E-state index is 14.6. The highest BCUT2D eigenvalue weighted by Gasteiger charge is 2.53. The molecular formula is C30H30ClN3O3. The van der Waals surface area contributed by atoms with E-state index in [1.165, 1.54) is 12.8 Å². The average molecular weight is 516 g/mol. The van der Waals surface area contributed by atoms with Crippen LogP contribution in [-0.2, 0) is 23.4 Å². The van der Waals surface area contributed by atoms with E-state index in [1.54, 1.807) is 17.2 Å². The number of hydrogen-bond donors (Lipinski definition) is 1. The fourth-order valence-electron chi connectivity index (χ4n) is 5.97. The molecule has 1 atom stereocenters. The Bertz CT molecular complexity index is 1430. The summed E-state index contributed by atoms with van der Waals surface area (Å²) in [6, 6.07) is 20.9. The minimum absolute atomic E-state index is 0.0906. The van der Waals surface area contributed by atoms with Crippen LogP contribution in [0.1, 0.15) is 60.1 Å². The first-order valence-electron chi connectivity index (χ1n) is 13.1. The number of hydrogen-bond acceptors (Lipinski definition) is 3. The molecule has 190 valence electrons. The first-order chi connectivity index (χ1) is 18.1. The summed E-state index contributed by atoms with van der Waals surface area (Å²) < 4.78 is 7.58. The van der Waals surface area contributed by atoms with Gasteiger partial charge in [-0.25, -0.2) is 0 Å². The number of carbonyl (C=O) groups is 2. The molecule has 0 bridgehead atoms. The Morgan fingerprint density at radius 1 is 1.00 bits per heavy atom. The second kappa shape index (κ2) is 9.75. The highest BCUT2D eigenvalue weighted by molar-refractivity contribution is 6.31. The monoisotopic (exact) mass is 515 g/mol. The smallest absolute Gasteiger partial charge is 0.272 e. The molecule has 37 heavy (non-hydrogen) atoms. The van der Waals surface area contributed by atoms with Crippen molar-refractivity contribution in [1.82, 2.24) is 14.8 Å². The molecule has 0 spiro atoms. The van der Waals surface area contributed by atoms with Crippen LogP contribution in [0.2, 0.25) is 5.02 Å². The van der Waals surface area contributed by atoms with E-state index < -0.39 is 5.54 Å². The van der Waals surface area contributed by atoms with Crippen LogP contribution in [-0.4, -0.2) is 27.3 Å². The number of fused-ring (bicyclic) bond motifs is 3. The van der Waals surface area contributed by atoms with Gasteiger partial charge in [-0.05, 0) is 30.0 Å². The van der Waals surface area contributed by atoms with Crippen LogP contribution in [0.15, 0.2) is 77.4 Å². The van der Waals surface area contributed by atoms with Crippen LogP contribution in [0.3, 0.4) is 0 Å². The summed E-state index contributed by atoms with van der Waals surface area (Å²) in [5.74, 6) is -0.376. The number of carbonyl (C=O) groups excluding carboxylic acids is 2. The number of furan rings is 1. The number of nitrogens with zero attached hydrogens (tertiary/aromatic N) is 2. The quantitative estimate of drug-likeness (QED) is 0.318. The van der Waals surface area contributed by atoms with E-state index in [0.717, 1.165) is 42.3 Å². The molecule has 6 rings (SSSR count). The van der Waals surface area contributed by atoms with E-state index in [-0.39, 0.29) is 30.9 Å². The molecule has 7 heteroatoms. The number of benzene rings is 2. The van der Waals surface area contributed by atoms with E-state index in [0.29, 0.717) is 16.3 Å². The van der Waals surface area contributed by atoms with Crippen molar-refractivity contribution in [3.8, 4) is 0 Å². The molecule has 0 unspecified atom stereocenters. The first-order valence-corrected chi connectivity index (χ1v) is 13.4. The molecule has 3 heterocycles. The zero-order chi connectivity index (χ0) is 25.4. The van der Waals surface area contributed by atoms with Gasteiger partial charge in [-0.2, -0.15) is 0 Å². The molecule has 1 aliphatic heterocycles. The Balaban J connectivity index is 1.52. The fraction of sp³-hybridized carbons (Fsp3) is 0.333. The third-order valence-corrected chi connectivity index (χ3v) is 8.31. The van der Waals surface area contributed by atoms with Crippen molar-refractivity contribution in [3.05, 3.63) is 94.8 Å². The van der Waals surface area contributed by atoms with Gasteiger partial charge in [0.1, 0.15) is 5.69 Å². The van der Waals surface area contributed by atoms with Gasteiger partial charge in [-0.3, -0.25) is 9.59 Å². The Labute approximate surface area is 221 Å². The lowest BCUT2D eigenvalue weighted by Crippen LogP contribution is -2.64. The summed E-state index contributed by atoms with van der Waals surface area (Å²) in [4.78, 5) is 30.6. The first kappa shape index (κ1) is 23.9. The SMILES string of the molecule is O=C1c2cc3occc3n2C[C@](C(=O)NC2CCCCCC2)(c2ccccc2)N1Cc1ccccc1Cl. The standard InChI is InChI=1S/C30H30ClN3O3/c31-24-15-9-8-10-21(24)19-34-28(35)26-18-27-25(16-17-37-27)33(26)20-30(34,22-11-4-3-5-12-22)29(36)32-23-13-6-1-2-7-14-23/h3-5,8-12,15-18,23H,1-2,6-7,13-14,19-20H2,(H,32,36)/t30-/m1/s1. The second-order valence-electron chi connectivity index (χ2n) is 10.2. The largest absolute Gasteiger partial charge is 0.463 e. The van der Waals surface area contributed by atoms with Crippen LogP contribution in [0.5, 0.6) is 0 Å². The number of nitrogens with one attached hydrogen (secondary N) is 1. The van der Waals surface area contributed by atoms with Crippen molar-refractivity contribution in [2.24, 2.45) is 0 Å².